The van der Waals surface area contributed by atoms with E-state index in [4.69, 9.17) is 31.9 Å². The predicted molar refractivity (Wildman–Crippen MR) is 140 cm³/mol. The number of rotatable bonds is 7. The van der Waals surface area contributed by atoms with Gasteiger partial charge in [-0.2, -0.15) is 5.10 Å². The van der Waals surface area contributed by atoms with E-state index in [0.717, 1.165) is 23.3 Å². The molecular formula is C25H25ClN6O3S. The van der Waals surface area contributed by atoms with E-state index in [1.807, 2.05) is 16.1 Å². The Bertz CT molecular complexity index is 1430. The minimum Gasteiger partial charge on any atom is -0.497 e. The summed E-state index contributed by atoms with van der Waals surface area (Å²) < 4.78 is 13.1. The quantitative estimate of drug-likeness (QED) is 0.348. The van der Waals surface area contributed by atoms with Gasteiger partial charge in [0.1, 0.15) is 35.9 Å². The van der Waals surface area contributed by atoms with E-state index in [1.54, 1.807) is 41.5 Å². The third-order valence-corrected chi connectivity index (χ3v) is 7.26. The van der Waals surface area contributed by atoms with Crippen LogP contribution in [-0.4, -0.2) is 50.8 Å². The number of hydrogen-bond acceptors (Lipinski definition) is 8. The number of anilines is 1. The van der Waals surface area contributed by atoms with Gasteiger partial charge >= 0.3 is 0 Å². The van der Waals surface area contributed by atoms with Crippen molar-refractivity contribution < 1.29 is 14.3 Å². The third kappa shape index (κ3) is 4.74. The Morgan fingerprint density at radius 3 is 2.94 bits per heavy atom. The molecule has 1 aliphatic heterocycles. The van der Waals surface area contributed by atoms with Crippen molar-refractivity contribution in [1.29, 1.82) is 0 Å². The number of amides is 1. The summed E-state index contributed by atoms with van der Waals surface area (Å²) in [5.74, 6) is 1.54. The number of benzene rings is 1. The van der Waals surface area contributed by atoms with Gasteiger partial charge in [0, 0.05) is 40.0 Å². The minimum absolute atomic E-state index is 0.0209. The van der Waals surface area contributed by atoms with E-state index in [0.29, 0.717) is 58.8 Å². The lowest BCUT2D eigenvalue weighted by molar-refractivity contribution is -0.127. The van der Waals surface area contributed by atoms with Crippen LogP contribution in [0.1, 0.15) is 23.8 Å². The van der Waals surface area contributed by atoms with Crippen molar-refractivity contribution >= 4 is 45.7 Å². The van der Waals surface area contributed by atoms with Crippen LogP contribution in [0.3, 0.4) is 0 Å². The maximum atomic E-state index is 12.2. The van der Waals surface area contributed by atoms with Crippen LogP contribution in [0.2, 0.25) is 5.02 Å². The summed E-state index contributed by atoms with van der Waals surface area (Å²) in [6.07, 6.45) is 4.55. The maximum Gasteiger partial charge on any atom is 0.246 e. The van der Waals surface area contributed by atoms with E-state index < -0.39 is 0 Å². The van der Waals surface area contributed by atoms with Crippen molar-refractivity contribution in [3.8, 4) is 22.8 Å². The molecule has 4 heterocycles. The lowest BCUT2D eigenvalue weighted by Crippen LogP contribution is -2.40. The van der Waals surface area contributed by atoms with Crippen LogP contribution in [-0.2, 0) is 11.4 Å². The van der Waals surface area contributed by atoms with E-state index >= 15 is 0 Å². The number of nitrogens with zero attached hydrogens (tertiary/aromatic N) is 5. The second kappa shape index (κ2) is 10.2. The molecule has 1 aliphatic rings. The van der Waals surface area contributed by atoms with E-state index in [1.165, 1.54) is 12.4 Å². The number of methoxy groups -OCH3 is 1. The Hall–Kier alpha value is -3.63. The SMILES string of the molecule is C=CC(=O)N1CCC[C@@H](n2nc(-c3csc(COc4cc(Cl)cc(OC)c4)c3)c3c(N)ncnc32)C1. The first-order chi connectivity index (χ1) is 17.5. The van der Waals surface area contributed by atoms with Crippen LogP contribution in [0.4, 0.5) is 5.82 Å². The molecule has 1 amide bonds. The molecular weight excluding hydrogens is 500 g/mol. The predicted octanol–water partition coefficient (Wildman–Crippen LogP) is 4.73. The zero-order chi connectivity index (χ0) is 25.2. The number of nitrogen functional groups attached to an aromatic ring is 1. The van der Waals surface area contributed by atoms with Gasteiger partial charge in [0.25, 0.3) is 0 Å². The van der Waals surface area contributed by atoms with Crippen molar-refractivity contribution in [3.05, 3.63) is 58.5 Å². The highest BCUT2D eigenvalue weighted by atomic mass is 35.5. The lowest BCUT2D eigenvalue weighted by Gasteiger charge is -2.32. The number of likely N-dealkylation sites (tertiary alicyclic amines) is 1. The maximum absolute atomic E-state index is 12.2. The fraction of sp³-hybridized carbons (Fsp3) is 0.280. The second-order valence-electron chi connectivity index (χ2n) is 8.45. The number of carbonyl (C=O) groups is 1. The van der Waals surface area contributed by atoms with Gasteiger partial charge < -0.3 is 20.1 Å². The topological polar surface area (TPSA) is 108 Å². The molecule has 3 aromatic heterocycles. The van der Waals surface area contributed by atoms with Gasteiger partial charge in [-0.3, -0.25) is 4.79 Å². The normalized spacial score (nSPS) is 15.7. The minimum atomic E-state index is -0.0784. The number of hydrogen-bond donors (Lipinski definition) is 1. The van der Waals surface area contributed by atoms with Crippen molar-refractivity contribution in [2.24, 2.45) is 0 Å². The molecule has 1 fully saturated rings. The summed E-state index contributed by atoms with van der Waals surface area (Å²) in [6.45, 7) is 5.22. The fourth-order valence-electron chi connectivity index (χ4n) is 4.41. The Morgan fingerprint density at radius 1 is 1.31 bits per heavy atom. The van der Waals surface area contributed by atoms with Gasteiger partial charge in [-0.15, -0.1) is 11.3 Å². The number of thiophene rings is 1. The van der Waals surface area contributed by atoms with E-state index in [9.17, 15) is 4.79 Å². The summed E-state index contributed by atoms with van der Waals surface area (Å²) in [6, 6.07) is 7.27. The molecule has 11 heteroatoms. The molecule has 0 aliphatic carbocycles. The Kier molecular flexibility index (Phi) is 6.80. The smallest absolute Gasteiger partial charge is 0.246 e. The van der Waals surface area contributed by atoms with E-state index in [-0.39, 0.29) is 11.9 Å². The van der Waals surface area contributed by atoms with Crippen molar-refractivity contribution in [3.63, 3.8) is 0 Å². The van der Waals surface area contributed by atoms with Crippen LogP contribution >= 0.6 is 22.9 Å². The summed E-state index contributed by atoms with van der Waals surface area (Å²) in [7, 11) is 1.59. The lowest BCUT2D eigenvalue weighted by atomic mass is 10.1. The van der Waals surface area contributed by atoms with Gasteiger partial charge in [0.2, 0.25) is 5.91 Å². The zero-order valence-electron chi connectivity index (χ0n) is 19.7. The number of carbonyl (C=O) groups excluding carboxylic acids is 1. The van der Waals surface area contributed by atoms with Crippen LogP contribution in [0.15, 0.2) is 48.6 Å². The van der Waals surface area contributed by atoms with Crippen LogP contribution in [0.5, 0.6) is 11.5 Å². The molecule has 1 atom stereocenters. The molecule has 4 aromatic rings. The van der Waals surface area contributed by atoms with Gasteiger partial charge in [-0.05, 0) is 37.1 Å². The molecule has 1 saturated heterocycles. The summed E-state index contributed by atoms with van der Waals surface area (Å²) >= 11 is 7.71. The largest absolute Gasteiger partial charge is 0.497 e. The summed E-state index contributed by atoms with van der Waals surface area (Å²) in [5.41, 5.74) is 8.56. The van der Waals surface area contributed by atoms with Gasteiger partial charge in [-0.25, -0.2) is 14.6 Å². The Balaban J connectivity index is 1.43. The van der Waals surface area contributed by atoms with Gasteiger partial charge in [-0.1, -0.05) is 18.2 Å². The first kappa shape index (κ1) is 24.1. The monoisotopic (exact) mass is 524 g/mol. The molecule has 1 aromatic carbocycles. The molecule has 36 heavy (non-hydrogen) atoms. The highest BCUT2D eigenvalue weighted by Gasteiger charge is 2.28. The molecule has 0 spiro atoms. The molecule has 0 bridgehead atoms. The number of piperidine rings is 1. The van der Waals surface area contributed by atoms with Crippen LogP contribution in [0.25, 0.3) is 22.3 Å². The fourth-order valence-corrected chi connectivity index (χ4v) is 5.40. The first-order valence-electron chi connectivity index (χ1n) is 11.4. The zero-order valence-corrected chi connectivity index (χ0v) is 21.3. The van der Waals surface area contributed by atoms with Crippen LogP contribution < -0.4 is 15.2 Å². The third-order valence-electron chi connectivity index (χ3n) is 6.14. The first-order valence-corrected chi connectivity index (χ1v) is 12.7. The van der Waals surface area contributed by atoms with Crippen LogP contribution in [0, 0.1) is 0 Å². The van der Waals surface area contributed by atoms with Gasteiger partial charge in [0.15, 0.2) is 5.65 Å². The number of halogens is 1. The summed E-state index contributed by atoms with van der Waals surface area (Å²) in [5, 5.41) is 8.19. The Labute approximate surface area is 217 Å². The molecule has 0 saturated carbocycles. The number of aromatic nitrogens is 4. The van der Waals surface area contributed by atoms with Crippen molar-refractivity contribution in [1.82, 2.24) is 24.6 Å². The van der Waals surface area contributed by atoms with Gasteiger partial charge in [0.05, 0.1) is 18.5 Å². The highest BCUT2D eigenvalue weighted by Crippen LogP contribution is 2.36. The average molecular weight is 525 g/mol. The number of nitrogens with two attached hydrogens (primary N) is 1. The molecule has 9 nitrogen and oxygen atoms in total. The average Bonchev–Trinajstić information content (AvgIpc) is 3.52. The molecule has 0 unspecified atom stereocenters. The highest BCUT2D eigenvalue weighted by molar-refractivity contribution is 7.10. The molecule has 2 N–H and O–H groups in total. The van der Waals surface area contributed by atoms with Crippen molar-refractivity contribution in [2.45, 2.75) is 25.5 Å². The summed E-state index contributed by atoms with van der Waals surface area (Å²) in [4.78, 5) is 23.7. The van der Waals surface area contributed by atoms with Crippen molar-refractivity contribution in [2.75, 3.05) is 25.9 Å². The molecule has 0 radical (unpaired) electrons. The number of fused-ring (bicyclic) bond motifs is 1. The number of ether oxygens (including phenoxy) is 2. The standard InChI is InChI=1S/C25H25ClN6O3S/c1-3-21(33)31-6-4-5-17(11-31)32-25-22(24(27)28-14-29-25)23(30-32)15-7-20(36-13-15)12-35-19-9-16(26)8-18(10-19)34-2/h3,7-10,13-14,17H,1,4-6,11-12H2,2H3,(H2,27,28,29)/t17-/m1/s1. The molecule has 5 rings (SSSR count). The second-order valence-corrected chi connectivity index (χ2v) is 9.88. The Morgan fingerprint density at radius 2 is 2.14 bits per heavy atom. The van der Waals surface area contributed by atoms with E-state index in [2.05, 4.69) is 16.5 Å². The molecule has 186 valence electrons.